The molecule has 0 N–H and O–H groups in total. The summed E-state index contributed by atoms with van der Waals surface area (Å²) in [6, 6.07) is 55.0. The van der Waals surface area contributed by atoms with E-state index in [1.54, 1.807) is 0 Å². The van der Waals surface area contributed by atoms with Gasteiger partial charge in [0.1, 0.15) is 0 Å². The fourth-order valence-corrected chi connectivity index (χ4v) is 12.8. The average molecular weight is 788 g/mol. The lowest BCUT2D eigenvalue weighted by atomic mass is 9.83. The lowest BCUT2D eigenvalue weighted by Crippen LogP contribution is -2.41. The van der Waals surface area contributed by atoms with Gasteiger partial charge in [-0.25, -0.2) is 0 Å². The van der Waals surface area contributed by atoms with Crippen LogP contribution < -0.4 is 15.3 Å². The van der Waals surface area contributed by atoms with Gasteiger partial charge in [-0.2, -0.15) is 0 Å². The lowest BCUT2D eigenvalue weighted by molar-refractivity contribution is 0.619. The summed E-state index contributed by atoms with van der Waals surface area (Å²) in [7, 11) is 0. The zero-order chi connectivity index (χ0) is 38.6. The second-order valence-electron chi connectivity index (χ2n) is 16.2. The number of hydrogen-bond donors (Lipinski definition) is 0. The lowest BCUT2D eigenvalue weighted by Gasteiger charge is -2.41. The number of rotatable bonds is 3. The van der Waals surface area contributed by atoms with Gasteiger partial charge in [0.25, 0.3) is 0 Å². The van der Waals surface area contributed by atoms with Crippen LogP contribution in [0.1, 0.15) is 29.9 Å². The summed E-state index contributed by atoms with van der Waals surface area (Å²) in [6.07, 6.45) is 18.8. The molecule has 59 heavy (non-hydrogen) atoms. The van der Waals surface area contributed by atoms with Crippen molar-refractivity contribution in [2.45, 2.75) is 24.8 Å². The highest BCUT2D eigenvalue weighted by Crippen LogP contribution is 2.49. The van der Waals surface area contributed by atoms with Crippen molar-refractivity contribution < 1.29 is 0 Å². The molecule has 2 aromatic heterocycles. The van der Waals surface area contributed by atoms with Crippen LogP contribution in [0, 0.1) is 0 Å². The predicted molar refractivity (Wildman–Crippen MR) is 258 cm³/mol. The number of nitrogens with zero attached hydrogens (tertiary/aromatic N) is 1. The second-order valence-corrected chi connectivity index (χ2v) is 18.3. The highest BCUT2D eigenvalue weighted by atomic mass is 32.1. The smallest absolute Gasteiger partial charge is 0.0534 e. The summed E-state index contributed by atoms with van der Waals surface area (Å²) in [5.74, 6) is 0.236. The molecule has 0 radical (unpaired) electrons. The molecule has 0 spiro atoms. The molecule has 8 aromatic carbocycles. The minimum absolute atomic E-state index is 0.167. The van der Waals surface area contributed by atoms with E-state index in [2.05, 4.69) is 193 Å². The highest BCUT2D eigenvalue weighted by Gasteiger charge is 2.34. The quantitative estimate of drug-likeness (QED) is 0.161. The van der Waals surface area contributed by atoms with E-state index >= 15 is 0 Å². The van der Waals surface area contributed by atoms with Crippen molar-refractivity contribution in [2.75, 3.05) is 4.90 Å². The van der Waals surface area contributed by atoms with Crippen LogP contribution in [-0.4, -0.2) is 6.04 Å². The summed E-state index contributed by atoms with van der Waals surface area (Å²) in [5, 5.41) is 13.2. The Balaban J connectivity index is 1.07. The summed E-state index contributed by atoms with van der Waals surface area (Å²) in [6.45, 7) is 0. The minimum Gasteiger partial charge on any atom is -0.334 e. The average Bonchev–Trinajstić information content (AvgIpc) is 3.67. The summed E-state index contributed by atoms with van der Waals surface area (Å²) < 4.78 is 5.41. The molecular weight excluding hydrogens is 751 g/mol. The number of anilines is 2. The molecule has 10 aromatic rings. The van der Waals surface area contributed by atoms with Crippen molar-refractivity contribution >= 4 is 114 Å². The Kier molecular flexibility index (Phi) is 7.37. The maximum absolute atomic E-state index is 2.69. The molecule has 0 amide bonds. The molecule has 278 valence electrons. The van der Waals surface area contributed by atoms with Crippen LogP contribution in [-0.2, 0) is 0 Å². The number of benzene rings is 8. The van der Waals surface area contributed by atoms with Crippen molar-refractivity contribution in [3.8, 4) is 11.1 Å². The van der Waals surface area contributed by atoms with Gasteiger partial charge < -0.3 is 4.90 Å². The topological polar surface area (TPSA) is 3.24 Å². The van der Waals surface area contributed by atoms with Crippen molar-refractivity contribution in [1.82, 2.24) is 0 Å². The normalized spacial score (nSPS) is 17.2. The Morgan fingerprint density at radius 3 is 2.07 bits per heavy atom. The van der Waals surface area contributed by atoms with Gasteiger partial charge >= 0.3 is 0 Å². The summed E-state index contributed by atoms with van der Waals surface area (Å²) >= 11 is 3.84. The Morgan fingerprint density at radius 2 is 1.25 bits per heavy atom. The van der Waals surface area contributed by atoms with Gasteiger partial charge in [-0.05, 0) is 97.8 Å². The number of hydrogen-bond acceptors (Lipinski definition) is 3. The van der Waals surface area contributed by atoms with E-state index in [1.165, 1.54) is 112 Å². The van der Waals surface area contributed by atoms with Crippen molar-refractivity contribution in [2.24, 2.45) is 0 Å². The standard InChI is InChI=1S/C56H37NS2/c1-2-14-42-43-28-25-34-12-4-5-13-39(34)50(43)33-52(44(42)15-3-1)57-38-27-24-35(40-18-10-20-47-45-16-6-8-22-53(45)58-55(40)47)30-37(31-38)49-32-36(26-29-51(49)57)41-19-11-21-48-46-17-7-9-23-54(46)59-56(41)48/h1-2,4-30,32-33,37-38H,3,31H2. The molecule has 13 rings (SSSR count). The number of thiophene rings is 2. The SMILES string of the molecule is C1=CCC=c2c(N3c4ccc(-c5cccc6c5sc5ccccc56)cc4C4C=C(c5cccc6c5sc5ccccc56)C=CC3C4)cc3c(ccc4ccccc43)c2=C1. The van der Waals surface area contributed by atoms with Crippen LogP contribution in [0.15, 0.2) is 176 Å². The maximum atomic E-state index is 2.69. The Bertz CT molecular complexity index is 3650. The first-order valence-corrected chi connectivity index (χ1v) is 22.3. The molecule has 1 nitrogen and oxygen atoms in total. The molecule has 0 saturated heterocycles. The van der Waals surface area contributed by atoms with E-state index in [0.29, 0.717) is 0 Å². The molecule has 2 aliphatic carbocycles. The first kappa shape index (κ1) is 33.5. The number of fused-ring (bicyclic) bond motifs is 15. The van der Waals surface area contributed by atoms with Crippen molar-refractivity contribution in [3.05, 3.63) is 198 Å². The van der Waals surface area contributed by atoms with Crippen LogP contribution in [0.2, 0.25) is 0 Å². The Labute approximate surface area is 350 Å². The van der Waals surface area contributed by atoms with Crippen molar-refractivity contribution in [1.29, 1.82) is 0 Å². The molecule has 3 heterocycles. The Morgan fingerprint density at radius 1 is 0.542 bits per heavy atom. The first-order chi connectivity index (χ1) is 29.2. The van der Waals surface area contributed by atoms with Crippen LogP contribution in [0.4, 0.5) is 11.4 Å². The third-order valence-electron chi connectivity index (χ3n) is 13.0. The molecule has 3 aliphatic rings. The minimum atomic E-state index is 0.167. The zero-order valence-electron chi connectivity index (χ0n) is 32.2. The fourth-order valence-electron chi connectivity index (χ4n) is 10.4. The van der Waals surface area contributed by atoms with E-state index in [-0.39, 0.29) is 12.0 Å². The molecular formula is C56H37NS2. The molecule has 2 atom stereocenters. The molecule has 2 bridgehead atoms. The van der Waals surface area contributed by atoms with Gasteiger partial charge in [0.15, 0.2) is 0 Å². The van der Waals surface area contributed by atoms with Gasteiger partial charge in [-0.3, -0.25) is 0 Å². The number of allylic oxidation sites excluding steroid dienone is 5. The van der Waals surface area contributed by atoms with Gasteiger partial charge in [-0.15, -0.1) is 22.7 Å². The maximum Gasteiger partial charge on any atom is 0.0534 e. The van der Waals surface area contributed by atoms with E-state index in [4.69, 9.17) is 0 Å². The van der Waals surface area contributed by atoms with Gasteiger partial charge in [0.05, 0.1) is 6.04 Å². The van der Waals surface area contributed by atoms with Gasteiger partial charge in [0.2, 0.25) is 0 Å². The molecule has 2 unspecified atom stereocenters. The second kappa shape index (κ2) is 13.0. The molecule has 1 aliphatic heterocycles. The van der Waals surface area contributed by atoms with Crippen LogP contribution in [0.3, 0.4) is 0 Å². The summed E-state index contributed by atoms with van der Waals surface area (Å²) in [4.78, 5) is 2.69. The van der Waals surface area contributed by atoms with Gasteiger partial charge in [0, 0.05) is 62.9 Å². The first-order valence-electron chi connectivity index (χ1n) is 20.7. The van der Waals surface area contributed by atoms with E-state index in [1.807, 2.05) is 22.7 Å². The van der Waals surface area contributed by atoms with Gasteiger partial charge in [-0.1, -0.05) is 158 Å². The third-order valence-corrected chi connectivity index (χ3v) is 15.5. The van der Waals surface area contributed by atoms with E-state index < -0.39 is 0 Å². The fraction of sp³-hybridized carbons (Fsp3) is 0.0714. The molecule has 3 heteroatoms. The summed E-state index contributed by atoms with van der Waals surface area (Å²) in [5.41, 5.74) is 9.21. The predicted octanol–water partition coefficient (Wildman–Crippen LogP) is 14.6. The van der Waals surface area contributed by atoms with Crippen LogP contribution in [0.5, 0.6) is 0 Å². The monoisotopic (exact) mass is 787 g/mol. The molecule has 0 fully saturated rings. The Hall–Kier alpha value is -6.52. The van der Waals surface area contributed by atoms with E-state index in [0.717, 1.165) is 12.8 Å². The largest absolute Gasteiger partial charge is 0.334 e. The molecule has 0 saturated carbocycles. The highest BCUT2D eigenvalue weighted by molar-refractivity contribution is 7.26. The van der Waals surface area contributed by atoms with Crippen molar-refractivity contribution in [3.63, 3.8) is 0 Å². The zero-order valence-corrected chi connectivity index (χ0v) is 33.9. The third kappa shape index (κ3) is 5.08. The van der Waals surface area contributed by atoms with Crippen LogP contribution in [0.25, 0.3) is 90.7 Å². The van der Waals surface area contributed by atoms with Crippen LogP contribution >= 0.6 is 22.7 Å². The van der Waals surface area contributed by atoms with E-state index in [9.17, 15) is 0 Å².